The summed E-state index contributed by atoms with van der Waals surface area (Å²) in [6.45, 7) is 4.29. The number of aryl methyl sites for hydroxylation is 1. The van der Waals surface area contributed by atoms with E-state index in [1.807, 2.05) is 36.9 Å². The van der Waals surface area contributed by atoms with Crippen molar-refractivity contribution in [3.8, 4) is 0 Å². The maximum atomic E-state index is 6.34. The smallest absolute Gasteiger partial charge is 0.109 e. The molecule has 2 atom stereocenters. The molecule has 0 aliphatic rings. The van der Waals surface area contributed by atoms with Gasteiger partial charge in [-0.05, 0) is 30.5 Å². The minimum Gasteiger partial charge on any atom is -0.326 e. The molecule has 0 fully saturated rings. The van der Waals surface area contributed by atoms with Crippen LogP contribution in [0.1, 0.15) is 44.1 Å². The standard InChI is InChI=1S/C15H22N4/c1-3-5-14-18-10-11-19(14)15(13(16)4-2)12-6-8-17-9-7-12/h6-11,13,15H,3-5,16H2,1-2H3. The number of nitrogens with two attached hydrogens (primary N) is 1. The molecule has 4 heteroatoms. The summed E-state index contributed by atoms with van der Waals surface area (Å²) >= 11 is 0. The van der Waals surface area contributed by atoms with Crippen LogP contribution in [0.2, 0.25) is 0 Å². The van der Waals surface area contributed by atoms with Crippen LogP contribution in [0, 0.1) is 0 Å². The molecule has 4 nitrogen and oxygen atoms in total. The van der Waals surface area contributed by atoms with E-state index in [0.29, 0.717) is 0 Å². The van der Waals surface area contributed by atoms with E-state index in [1.165, 1.54) is 5.56 Å². The van der Waals surface area contributed by atoms with Crippen LogP contribution >= 0.6 is 0 Å². The van der Waals surface area contributed by atoms with E-state index >= 15 is 0 Å². The van der Waals surface area contributed by atoms with Gasteiger partial charge >= 0.3 is 0 Å². The van der Waals surface area contributed by atoms with Gasteiger partial charge in [-0.2, -0.15) is 0 Å². The zero-order valence-electron chi connectivity index (χ0n) is 11.7. The SMILES string of the molecule is CCCc1nccn1C(c1ccncc1)C(N)CC. The Morgan fingerprint density at radius 2 is 1.95 bits per heavy atom. The fraction of sp³-hybridized carbons (Fsp3) is 0.467. The van der Waals surface area contributed by atoms with Crippen molar-refractivity contribution in [2.24, 2.45) is 5.73 Å². The normalized spacial score (nSPS) is 14.3. The Hall–Kier alpha value is -1.68. The Balaban J connectivity index is 2.40. The maximum absolute atomic E-state index is 6.34. The highest BCUT2D eigenvalue weighted by molar-refractivity contribution is 5.20. The first kappa shape index (κ1) is 13.7. The molecule has 2 heterocycles. The molecule has 2 unspecified atom stereocenters. The van der Waals surface area contributed by atoms with Gasteiger partial charge in [0.2, 0.25) is 0 Å². The number of aromatic nitrogens is 3. The molecule has 0 spiro atoms. The lowest BCUT2D eigenvalue weighted by atomic mass is 9.98. The van der Waals surface area contributed by atoms with Crippen LogP contribution in [0.3, 0.4) is 0 Å². The molecule has 0 radical (unpaired) electrons. The topological polar surface area (TPSA) is 56.7 Å². The van der Waals surface area contributed by atoms with Gasteiger partial charge in [0.25, 0.3) is 0 Å². The first-order chi connectivity index (χ1) is 9.27. The molecule has 19 heavy (non-hydrogen) atoms. The molecular weight excluding hydrogens is 236 g/mol. The van der Waals surface area contributed by atoms with Gasteiger partial charge in [0.05, 0.1) is 6.04 Å². The molecule has 2 rings (SSSR count). The van der Waals surface area contributed by atoms with Gasteiger partial charge in [-0.15, -0.1) is 0 Å². The highest BCUT2D eigenvalue weighted by Gasteiger charge is 2.22. The van der Waals surface area contributed by atoms with Crippen molar-refractivity contribution in [1.82, 2.24) is 14.5 Å². The zero-order valence-corrected chi connectivity index (χ0v) is 11.7. The van der Waals surface area contributed by atoms with E-state index in [0.717, 1.165) is 25.1 Å². The third-order valence-electron chi connectivity index (χ3n) is 3.45. The second-order valence-electron chi connectivity index (χ2n) is 4.80. The number of nitrogens with zero attached hydrogens (tertiary/aromatic N) is 3. The number of hydrogen-bond acceptors (Lipinski definition) is 3. The highest BCUT2D eigenvalue weighted by atomic mass is 15.1. The average molecular weight is 258 g/mol. The highest BCUT2D eigenvalue weighted by Crippen LogP contribution is 2.24. The quantitative estimate of drug-likeness (QED) is 0.866. The average Bonchev–Trinajstić information content (AvgIpc) is 2.89. The lowest BCUT2D eigenvalue weighted by Gasteiger charge is -2.26. The molecule has 0 saturated heterocycles. The summed E-state index contributed by atoms with van der Waals surface area (Å²) in [6.07, 6.45) is 10.5. The van der Waals surface area contributed by atoms with Crippen molar-refractivity contribution in [2.75, 3.05) is 0 Å². The number of pyridine rings is 1. The Bertz CT molecular complexity index is 492. The van der Waals surface area contributed by atoms with Crippen molar-refractivity contribution >= 4 is 0 Å². The van der Waals surface area contributed by atoms with Gasteiger partial charge in [0, 0.05) is 37.3 Å². The summed E-state index contributed by atoms with van der Waals surface area (Å²) < 4.78 is 2.22. The molecule has 102 valence electrons. The van der Waals surface area contributed by atoms with Gasteiger partial charge in [-0.25, -0.2) is 4.98 Å². The van der Waals surface area contributed by atoms with E-state index < -0.39 is 0 Å². The summed E-state index contributed by atoms with van der Waals surface area (Å²) in [6, 6.07) is 4.29. The summed E-state index contributed by atoms with van der Waals surface area (Å²) in [7, 11) is 0. The predicted octanol–water partition coefficient (Wildman–Crippen LogP) is 2.56. The summed E-state index contributed by atoms with van der Waals surface area (Å²) in [5, 5.41) is 0. The summed E-state index contributed by atoms with van der Waals surface area (Å²) in [5.74, 6) is 1.10. The van der Waals surface area contributed by atoms with Crippen molar-refractivity contribution < 1.29 is 0 Å². The molecule has 2 N–H and O–H groups in total. The molecule has 0 aromatic carbocycles. The molecule has 0 bridgehead atoms. The number of imidazole rings is 1. The largest absolute Gasteiger partial charge is 0.326 e. The van der Waals surface area contributed by atoms with Crippen LogP contribution in [0.4, 0.5) is 0 Å². The van der Waals surface area contributed by atoms with Crippen LogP contribution in [-0.2, 0) is 6.42 Å². The minimum absolute atomic E-state index is 0.0761. The molecule has 0 saturated carbocycles. The van der Waals surface area contributed by atoms with Crippen LogP contribution < -0.4 is 5.73 Å². The summed E-state index contributed by atoms with van der Waals surface area (Å²) in [5.41, 5.74) is 7.53. The van der Waals surface area contributed by atoms with Crippen LogP contribution in [-0.4, -0.2) is 20.6 Å². The first-order valence-electron chi connectivity index (χ1n) is 6.95. The Morgan fingerprint density at radius 1 is 1.21 bits per heavy atom. The van der Waals surface area contributed by atoms with Gasteiger partial charge in [0.1, 0.15) is 5.82 Å². The van der Waals surface area contributed by atoms with E-state index in [1.54, 1.807) is 0 Å². The second kappa shape index (κ2) is 6.48. The van der Waals surface area contributed by atoms with Gasteiger partial charge in [-0.3, -0.25) is 4.98 Å². The van der Waals surface area contributed by atoms with Crippen LogP contribution in [0.15, 0.2) is 36.9 Å². The molecular formula is C15H22N4. The van der Waals surface area contributed by atoms with Crippen molar-refractivity contribution in [3.05, 3.63) is 48.3 Å². The number of rotatable bonds is 6. The molecule has 2 aromatic heterocycles. The van der Waals surface area contributed by atoms with E-state index in [2.05, 4.69) is 28.4 Å². The fourth-order valence-electron chi connectivity index (χ4n) is 2.41. The second-order valence-corrected chi connectivity index (χ2v) is 4.80. The van der Waals surface area contributed by atoms with Crippen molar-refractivity contribution in [1.29, 1.82) is 0 Å². The van der Waals surface area contributed by atoms with E-state index in [-0.39, 0.29) is 12.1 Å². The Morgan fingerprint density at radius 3 is 2.58 bits per heavy atom. The lowest BCUT2D eigenvalue weighted by Crippen LogP contribution is -2.33. The van der Waals surface area contributed by atoms with E-state index in [4.69, 9.17) is 5.73 Å². The van der Waals surface area contributed by atoms with Crippen molar-refractivity contribution in [2.45, 2.75) is 45.2 Å². The third-order valence-corrected chi connectivity index (χ3v) is 3.45. The predicted molar refractivity (Wildman–Crippen MR) is 76.9 cm³/mol. The molecule has 2 aromatic rings. The molecule has 0 amide bonds. The minimum atomic E-state index is 0.0761. The van der Waals surface area contributed by atoms with Gasteiger partial charge in [0.15, 0.2) is 0 Å². The zero-order chi connectivity index (χ0) is 13.7. The fourth-order valence-corrected chi connectivity index (χ4v) is 2.41. The molecule has 0 aliphatic heterocycles. The first-order valence-corrected chi connectivity index (χ1v) is 6.95. The maximum Gasteiger partial charge on any atom is 0.109 e. The van der Waals surface area contributed by atoms with E-state index in [9.17, 15) is 0 Å². The Labute approximate surface area is 114 Å². The Kier molecular flexibility index (Phi) is 4.68. The van der Waals surface area contributed by atoms with Gasteiger partial charge < -0.3 is 10.3 Å². The molecule has 0 aliphatic carbocycles. The third kappa shape index (κ3) is 3.01. The van der Waals surface area contributed by atoms with Gasteiger partial charge in [-0.1, -0.05) is 13.8 Å². The van der Waals surface area contributed by atoms with Crippen LogP contribution in [0.25, 0.3) is 0 Å². The van der Waals surface area contributed by atoms with Crippen molar-refractivity contribution in [3.63, 3.8) is 0 Å². The number of hydrogen-bond donors (Lipinski definition) is 1. The van der Waals surface area contributed by atoms with Crippen LogP contribution in [0.5, 0.6) is 0 Å². The summed E-state index contributed by atoms with van der Waals surface area (Å²) in [4.78, 5) is 8.55. The monoisotopic (exact) mass is 258 g/mol. The lowest BCUT2D eigenvalue weighted by molar-refractivity contribution is 0.444.